The second-order valence-corrected chi connectivity index (χ2v) is 3.81. The van der Waals surface area contributed by atoms with E-state index in [1.54, 1.807) is 0 Å². The standard InChI is InChI=1S/C10H16N6O2/c1-18-8-9(15-11)13-6-14-10(8)16-4-2-7(17)12-3-5-16/h6H,2-5,11H2,1H3,(H,12,17)(H,13,14,15). The molecule has 0 unspecified atom stereocenters. The highest BCUT2D eigenvalue weighted by Gasteiger charge is 2.20. The van der Waals surface area contributed by atoms with Gasteiger partial charge in [-0.1, -0.05) is 0 Å². The highest BCUT2D eigenvalue weighted by atomic mass is 16.5. The fraction of sp³-hybridized carbons (Fsp3) is 0.500. The Balaban J connectivity index is 2.29. The Labute approximate surface area is 104 Å². The molecule has 98 valence electrons. The number of carbonyl (C=O) groups excluding carboxylic acids is 1. The molecule has 0 aromatic carbocycles. The first-order chi connectivity index (χ1) is 8.76. The SMILES string of the molecule is COc1c(NN)ncnc1N1CCNC(=O)CC1. The summed E-state index contributed by atoms with van der Waals surface area (Å²) in [6.07, 6.45) is 1.84. The average molecular weight is 252 g/mol. The Kier molecular flexibility index (Phi) is 3.78. The van der Waals surface area contributed by atoms with E-state index in [0.29, 0.717) is 43.4 Å². The predicted octanol–water partition coefficient (Wildman–Crippen LogP) is -0.903. The van der Waals surface area contributed by atoms with Crippen LogP contribution in [0.25, 0.3) is 0 Å². The Morgan fingerprint density at radius 1 is 1.50 bits per heavy atom. The van der Waals surface area contributed by atoms with Crippen molar-refractivity contribution in [3.8, 4) is 5.75 Å². The zero-order valence-corrected chi connectivity index (χ0v) is 10.1. The van der Waals surface area contributed by atoms with Crippen molar-refractivity contribution in [3.05, 3.63) is 6.33 Å². The Bertz CT molecular complexity index is 438. The molecule has 8 heteroatoms. The Morgan fingerprint density at radius 3 is 3.06 bits per heavy atom. The van der Waals surface area contributed by atoms with Crippen LogP contribution in [0, 0.1) is 0 Å². The molecule has 1 amide bonds. The molecule has 1 aliphatic heterocycles. The summed E-state index contributed by atoms with van der Waals surface area (Å²) in [5.74, 6) is 6.96. The quantitative estimate of drug-likeness (QED) is 0.472. The van der Waals surface area contributed by atoms with E-state index in [1.807, 2.05) is 4.90 Å². The molecule has 2 heterocycles. The highest BCUT2D eigenvalue weighted by Crippen LogP contribution is 2.31. The summed E-state index contributed by atoms with van der Waals surface area (Å²) < 4.78 is 5.27. The number of hydrazine groups is 1. The summed E-state index contributed by atoms with van der Waals surface area (Å²) in [6.45, 7) is 1.84. The molecule has 1 fully saturated rings. The smallest absolute Gasteiger partial charge is 0.221 e. The largest absolute Gasteiger partial charge is 0.490 e. The van der Waals surface area contributed by atoms with Crippen LogP contribution in [-0.2, 0) is 4.79 Å². The minimum atomic E-state index is 0.0442. The molecule has 1 aromatic heterocycles. The van der Waals surface area contributed by atoms with Crippen molar-refractivity contribution < 1.29 is 9.53 Å². The normalized spacial score (nSPS) is 15.9. The molecule has 1 saturated heterocycles. The van der Waals surface area contributed by atoms with Crippen LogP contribution in [0.5, 0.6) is 5.75 Å². The molecule has 0 aliphatic carbocycles. The number of methoxy groups -OCH3 is 1. The summed E-state index contributed by atoms with van der Waals surface area (Å²) in [5.41, 5.74) is 2.47. The van der Waals surface area contributed by atoms with Gasteiger partial charge in [0.1, 0.15) is 6.33 Å². The van der Waals surface area contributed by atoms with Gasteiger partial charge < -0.3 is 20.4 Å². The van der Waals surface area contributed by atoms with Gasteiger partial charge in [0.2, 0.25) is 11.7 Å². The minimum Gasteiger partial charge on any atom is -0.490 e. The molecule has 0 bridgehead atoms. The third-order valence-corrected chi connectivity index (χ3v) is 2.74. The average Bonchev–Trinajstić information content (AvgIpc) is 2.62. The fourth-order valence-corrected chi connectivity index (χ4v) is 1.86. The van der Waals surface area contributed by atoms with Crippen LogP contribution in [0.15, 0.2) is 6.33 Å². The highest BCUT2D eigenvalue weighted by molar-refractivity contribution is 5.77. The van der Waals surface area contributed by atoms with E-state index >= 15 is 0 Å². The van der Waals surface area contributed by atoms with Gasteiger partial charge in [-0.15, -0.1) is 0 Å². The number of carbonyl (C=O) groups is 1. The number of aromatic nitrogens is 2. The molecule has 1 aromatic rings. The maximum Gasteiger partial charge on any atom is 0.221 e. The van der Waals surface area contributed by atoms with Gasteiger partial charge in [-0.05, 0) is 0 Å². The van der Waals surface area contributed by atoms with E-state index in [9.17, 15) is 4.79 Å². The molecular weight excluding hydrogens is 236 g/mol. The number of amides is 1. The van der Waals surface area contributed by atoms with Gasteiger partial charge in [-0.2, -0.15) is 0 Å². The molecule has 0 atom stereocenters. The number of nitrogens with one attached hydrogen (secondary N) is 2. The van der Waals surface area contributed by atoms with Crippen LogP contribution in [0.4, 0.5) is 11.6 Å². The van der Waals surface area contributed by atoms with Crippen molar-refractivity contribution in [2.45, 2.75) is 6.42 Å². The number of anilines is 2. The minimum absolute atomic E-state index is 0.0442. The van der Waals surface area contributed by atoms with Crippen LogP contribution >= 0.6 is 0 Å². The van der Waals surface area contributed by atoms with E-state index < -0.39 is 0 Å². The number of hydrogen-bond donors (Lipinski definition) is 3. The van der Waals surface area contributed by atoms with Crippen molar-refractivity contribution >= 4 is 17.5 Å². The molecule has 2 rings (SSSR count). The van der Waals surface area contributed by atoms with Gasteiger partial charge in [-0.3, -0.25) is 4.79 Å². The Morgan fingerprint density at radius 2 is 2.33 bits per heavy atom. The zero-order chi connectivity index (χ0) is 13.0. The molecule has 0 radical (unpaired) electrons. The number of hydrogen-bond acceptors (Lipinski definition) is 7. The molecule has 1 aliphatic rings. The Hall–Kier alpha value is -2.09. The summed E-state index contributed by atoms with van der Waals surface area (Å²) in [4.78, 5) is 21.5. The first-order valence-electron chi connectivity index (χ1n) is 5.63. The predicted molar refractivity (Wildman–Crippen MR) is 66.2 cm³/mol. The van der Waals surface area contributed by atoms with E-state index in [4.69, 9.17) is 10.6 Å². The number of ether oxygens (including phenoxy) is 1. The van der Waals surface area contributed by atoms with E-state index in [-0.39, 0.29) is 5.91 Å². The monoisotopic (exact) mass is 252 g/mol. The van der Waals surface area contributed by atoms with Gasteiger partial charge in [0, 0.05) is 26.1 Å². The third-order valence-electron chi connectivity index (χ3n) is 2.74. The molecule has 4 N–H and O–H groups in total. The van der Waals surface area contributed by atoms with Crippen LogP contribution < -0.4 is 26.2 Å². The fourth-order valence-electron chi connectivity index (χ4n) is 1.86. The van der Waals surface area contributed by atoms with Crippen molar-refractivity contribution in [2.75, 3.05) is 37.1 Å². The first kappa shape index (κ1) is 12.4. The second-order valence-electron chi connectivity index (χ2n) is 3.81. The molecular formula is C10H16N6O2. The zero-order valence-electron chi connectivity index (χ0n) is 10.1. The van der Waals surface area contributed by atoms with Gasteiger partial charge in [0.15, 0.2) is 11.6 Å². The molecule has 0 saturated carbocycles. The first-order valence-corrected chi connectivity index (χ1v) is 5.63. The van der Waals surface area contributed by atoms with Crippen molar-refractivity contribution in [3.63, 3.8) is 0 Å². The number of nitrogens with two attached hydrogens (primary N) is 1. The van der Waals surface area contributed by atoms with Crippen molar-refractivity contribution in [1.82, 2.24) is 15.3 Å². The van der Waals surface area contributed by atoms with Gasteiger partial charge in [0.25, 0.3) is 0 Å². The molecule has 18 heavy (non-hydrogen) atoms. The maximum atomic E-state index is 11.3. The molecule has 0 spiro atoms. The summed E-state index contributed by atoms with van der Waals surface area (Å²) in [6, 6.07) is 0. The van der Waals surface area contributed by atoms with Gasteiger partial charge in [-0.25, -0.2) is 15.8 Å². The lowest BCUT2D eigenvalue weighted by molar-refractivity contribution is -0.120. The van der Waals surface area contributed by atoms with Crippen LogP contribution in [0.1, 0.15) is 6.42 Å². The maximum absolute atomic E-state index is 11.3. The van der Waals surface area contributed by atoms with Crippen molar-refractivity contribution in [1.29, 1.82) is 0 Å². The molecule has 8 nitrogen and oxygen atoms in total. The topological polar surface area (TPSA) is 105 Å². The van der Waals surface area contributed by atoms with E-state index in [1.165, 1.54) is 13.4 Å². The number of nitrogen functional groups attached to an aromatic ring is 1. The van der Waals surface area contributed by atoms with Crippen LogP contribution in [-0.4, -0.2) is 42.6 Å². The summed E-state index contributed by atoms with van der Waals surface area (Å²) in [7, 11) is 1.53. The summed E-state index contributed by atoms with van der Waals surface area (Å²) >= 11 is 0. The number of rotatable bonds is 3. The van der Waals surface area contributed by atoms with Crippen molar-refractivity contribution in [2.24, 2.45) is 5.84 Å². The van der Waals surface area contributed by atoms with E-state index in [2.05, 4.69) is 20.7 Å². The lowest BCUT2D eigenvalue weighted by atomic mass is 10.3. The third kappa shape index (κ3) is 2.43. The van der Waals surface area contributed by atoms with Gasteiger partial charge >= 0.3 is 0 Å². The van der Waals surface area contributed by atoms with Crippen LogP contribution in [0.2, 0.25) is 0 Å². The van der Waals surface area contributed by atoms with Gasteiger partial charge in [0.05, 0.1) is 7.11 Å². The van der Waals surface area contributed by atoms with Crippen LogP contribution in [0.3, 0.4) is 0 Å². The summed E-state index contributed by atoms with van der Waals surface area (Å²) in [5, 5.41) is 2.81. The lowest BCUT2D eigenvalue weighted by Gasteiger charge is -2.23. The van der Waals surface area contributed by atoms with E-state index in [0.717, 1.165) is 0 Å². The second kappa shape index (κ2) is 5.50. The number of nitrogens with zero attached hydrogens (tertiary/aromatic N) is 3. The lowest BCUT2D eigenvalue weighted by Crippen LogP contribution is -2.29.